The van der Waals surface area contributed by atoms with E-state index in [2.05, 4.69) is 9.47 Å². The van der Waals surface area contributed by atoms with Gasteiger partial charge in [-0.3, -0.25) is 9.59 Å². The fourth-order valence-corrected chi connectivity index (χ4v) is 0.256. The number of esters is 2. The topological polar surface area (TPSA) is 69.7 Å². The first-order valence-corrected chi connectivity index (χ1v) is 2.43. The molecule has 0 aromatic heterocycles. The molecule has 0 saturated carbocycles. The van der Waals surface area contributed by atoms with Crippen LogP contribution in [0.3, 0.4) is 0 Å². The number of carbonyl (C=O) groups is 3. The third-order valence-corrected chi connectivity index (χ3v) is 0.454. The van der Waals surface area contributed by atoms with Gasteiger partial charge >= 0.3 is 64.2 Å². The van der Waals surface area contributed by atoms with Crippen LogP contribution in [0.25, 0.3) is 0 Å². The molecule has 0 fully saturated rings. The Labute approximate surface area is 107 Å². The Kier molecular flexibility index (Phi) is 13.9. The van der Waals surface area contributed by atoms with E-state index in [1.807, 2.05) is 0 Å². The summed E-state index contributed by atoms with van der Waals surface area (Å²) in [5.41, 5.74) is 0. The molecule has 0 radical (unpaired) electrons. The third-order valence-electron chi connectivity index (χ3n) is 0.454. The van der Waals surface area contributed by atoms with E-state index in [4.69, 9.17) is 0 Å². The Morgan fingerprint density at radius 2 is 1.17 bits per heavy atom. The van der Waals surface area contributed by atoms with E-state index >= 15 is 0 Å². The molecule has 0 bridgehead atoms. The van der Waals surface area contributed by atoms with Gasteiger partial charge in [0.2, 0.25) is 0 Å². The molecule has 0 aliphatic carbocycles. The molecule has 0 unspecified atom stereocenters. The van der Waals surface area contributed by atoms with Crippen LogP contribution in [-0.2, 0) is 19.1 Å². The van der Waals surface area contributed by atoms with E-state index in [1.165, 1.54) is 0 Å². The SMILES string of the molecule is CC(=O)OC(=O)OC(C)=O.[H-].[H-].[H-].[H-].[Mg+2].[Mg+2]. The molecule has 7 heteroatoms. The van der Waals surface area contributed by atoms with Crippen LogP contribution in [0.15, 0.2) is 0 Å². The Hall–Kier alpha value is 0.142. The zero-order valence-corrected chi connectivity index (χ0v) is 9.78. The maximum atomic E-state index is 10.2. The van der Waals surface area contributed by atoms with Crippen molar-refractivity contribution in [1.82, 2.24) is 0 Å². The van der Waals surface area contributed by atoms with E-state index in [1.54, 1.807) is 0 Å². The van der Waals surface area contributed by atoms with Crippen molar-refractivity contribution >= 4 is 64.2 Å². The predicted octanol–water partition coefficient (Wildman–Crippen LogP) is -0.0790. The molecule has 0 aromatic carbocycles. The summed E-state index contributed by atoms with van der Waals surface area (Å²) in [5, 5.41) is 0. The van der Waals surface area contributed by atoms with Crippen LogP contribution in [0.4, 0.5) is 4.79 Å². The average molecular weight is 199 g/mol. The largest absolute Gasteiger partial charge is 2.00 e. The third kappa shape index (κ3) is 12.8. The Morgan fingerprint density at radius 1 is 0.917 bits per heavy atom. The minimum atomic E-state index is -1.29. The standard InChI is InChI=1S/C5H6O5.2Mg.4H/c1-3(6)9-5(8)10-4(2)7;;;;;;/h1-2H3;;;;;;/q;2*+2;4*-1. The number of hydrogen-bond donors (Lipinski definition) is 0. The van der Waals surface area contributed by atoms with E-state index in [0.29, 0.717) is 0 Å². The normalized spacial score (nSPS) is 6.83. The van der Waals surface area contributed by atoms with Crippen LogP contribution in [0.5, 0.6) is 0 Å². The molecule has 0 rings (SSSR count). The van der Waals surface area contributed by atoms with Crippen molar-refractivity contribution < 1.29 is 29.6 Å². The quantitative estimate of drug-likeness (QED) is 0.310. The van der Waals surface area contributed by atoms with Gasteiger partial charge in [0, 0.05) is 13.8 Å². The summed E-state index contributed by atoms with van der Waals surface area (Å²) in [6.45, 7) is 2.06. The maximum absolute atomic E-state index is 10.2. The Morgan fingerprint density at radius 3 is 1.33 bits per heavy atom. The minimum absolute atomic E-state index is 0. The molecular formula is C5H10Mg2O5. The van der Waals surface area contributed by atoms with Gasteiger partial charge in [-0.15, -0.1) is 0 Å². The number of hydrogen-bond acceptors (Lipinski definition) is 5. The second-order valence-electron chi connectivity index (χ2n) is 1.44. The van der Waals surface area contributed by atoms with Crippen molar-refractivity contribution in [2.24, 2.45) is 0 Å². The van der Waals surface area contributed by atoms with Crippen molar-refractivity contribution in [2.75, 3.05) is 0 Å². The van der Waals surface area contributed by atoms with Gasteiger partial charge in [-0.2, -0.15) is 0 Å². The van der Waals surface area contributed by atoms with Gasteiger partial charge in [0.1, 0.15) is 0 Å². The Balaban J connectivity index is -0.0000000270. The summed E-state index contributed by atoms with van der Waals surface area (Å²) in [7, 11) is 0. The fraction of sp³-hybridized carbons (Fsp3) is 0.400. The first-order chi connectivity index (χ1) is 4.52. The molecule has 0 aliphatic rings. The van der Waals surface area contributed by atoms with E-state index < -0.39 is 18.1 Å². The summed E-state index contributed by atoms with van der Waals surface area (Å²) < 4.78 is 7.68. The van der Waals surface area contributed by atoms with E-state index in [0.717, 1.165) is 13.8 Å². The average Bonchev–Trinajstić information content (AvgIpc) is 1.58. The summed E-state index contributed by atoms with van der Waals surface area (Å²) >= 11 is 0. The van der Waals surface area contributed by atoms with E-state index in [9.17, 15) is 14.4 Å². The van der Waals surface area contributed by atoms with Crippen LogP contribution in [0, 0.1) is 0 Å². The van der Waals surface area contributed by atoms with Crippen molar-refractivity contribution in [3.8, 4) is 0 Å². The molecular weight excluding hydrogens is 189 g/mol. The van der Waals surface area contributed by atoms with Gasteiger partial charge in [-0.1, -0.05) is 0 Å². The predicted molar refractivity (Wildman–Crippen MR) is 44.9 cm³/mol. The summed E-state index contributed by atoms with van der Waals surface area (Å²) in [6.07, 6.45) is -1.29. The molecule has 12 heavy (non-hydrogen) atoms. The van der Waals surface area contributed by atoms with Gasteiger partial charge in [-0.05, 0) is 0 Å². The molecule has 0 aromatic rings. The zero-order chi connectivity index (χ0) is 8.15. The van der Waals surface area contributed by atoms with Gasteiger partial charge in [-0.25, -0.2) is 4.79 Å². The van der Waals surface area contributed by atoms with Crippen LogP contribution in [0.1, 0.15) is 19.6 Å². The van der Waals surface area contributed by atoms with Crippen molar-refractivity contribution in [2.45, 2.75) is 13.8 Å². The van der Waals surface area contributed by atoms with Crippen molar-refractivity contribution in [3.63, 3.8) is 0 Å². The summed E-state index contributed by atoms with van der Waals surface area (Å²) in [4.78, 5) is 30.2. The first-order valence-electron chi connectivity index (χ1n) is 2.43. The van der Waals surface area contributed by atoms with E-state index in [-0.39, 0.29) is 51.8 Å². The van der Waals surface area contributed by atoms with Gasteiger partial charge in [0.05, 0.1) is 0 Å². The molecule has 0 aliphatic heterocycles. The molecule has 5 nitrogen and oxygen atoms in total. The Bertz CT molecular complexity index is 174. The maximum Gasteiger partial charge on any atom is 2.00 e. The van der Waals surface area contributed by atoms with Crippen molar-refractivity contribution in [3.05, 3.63) is 0 Å². The molecule has 0 spiro atoms. The second kappa shape index (κ2) is 9.23. The molecule has 64 valence electrons. The fourth-order valence-electron chi connectivity index (χ4n) is 0.256. The van der Waals surface area contributed by atoms with Gasteiger partial charge in [0.15, 0.2) is 0 Å². The zero-order valence-electron chi connectivity index (χ0n) is 11.0. The number of carbonyl (C=O) groups excluding carboxylic acids is 3. The molecule has 0 atom stereocenters. The molecule has 0 saturated heterocycles. The summed E-state index contributed by atoms with van der Waals surface area (Å²) in [5.74, 6) is -1.63. The van der Waals surface area contributed by atoms with Crippen molar-refractivity contribution in [1.29, 1.82) is 0 Å². The molecule has 0 N–H and O–H groups in total. The number of ether oxygens (including phenoxy) is 2. The minimum Gasteiger partial charge on any atom is -1.00 e. The van der Waals surface area contributed by atoms with Crippen LogP contribution >= 0.6 is 0 Å². The van der Waals surface area contributed by atoms with Crippen LogP contribution < -0.4 is 0 Å². The molecule has 0 heterocycles. The monoisotopic (exact) mass is 198 g/mol. The smallest absolute Gasteiger partial charge is 1.00 e. The first kappa shape index (κ1) is 18.0. The van der Waals surface area contributed by atoms with Crippen LogP contribution in [-0.4, -0.2) is 64.2 Å². The van der Waals surface area contributed by atoms with Gasteiger partial charge < -0.3 is 15.2 Å². The number of rotatable bonds is 0. The van der Waals surface area contributed by atoms with Gasteiger partial charge in [0.25, 0.3) is 0 Å². The second-order valence-corrected chi connectivity index (χ2v) is 1.44. The summed E-state index contributed by atoms with van der Waals surface area (Å²) in [6, 6.07) is 0. The van der Waals surface area contributed by atoms with Crippen LogP contribution in [0.2, 0.25) is 0 Å². The molecule has 0 amide bonds.